The zero-order valence-electron chi connectivity index (χ0n) is 14.8. The van der Waals surface area contributed by atoms with E-state index in [0.29, 0.717) is 19.4 Å². The lowest BCUT2D eigenvalue weighted by Crippen LogP contribution is -2.42. The zero-order valence-corrected chi connectivity index (χ0v) is 15.6. The SMILES string of the molecule is CCCN(C(=O)CCCN1C(=O)NC(C)(C)C1=O)C1CCNC1.Cl. The molecule has 24 heavy (non-hydrogen) atoms. The molecular formula is C16H29ClN4O3. The first-order valence-corrected chi connectivity index (χ1v) is 8.51. The maximum atomic E-state index is 12.5. The van der Waals surface area contributed by atoms with Crippen LogP contribution in [0.25, 0.3) is 0 Å². The highest BCUT2D eigenvalue weighted by atomic mass is 35.5. The van der Waals surface area contributed by atoms with Crippen molar-refractivity contribution < 1.29 is 14.4 Å². The molecule has 0 bridgehead atoms. The van der Waals surface area contributed by atoms with E-state index in [2.05, 4.69) is 17.6 Å². The second kappa shape index (κ2) is 8.67. The Morgan fingerprint density at radius 2 is 2.08 bits per heavy atom. The van der Waals surface area contributed by atoms with Crippen LogP contribution in [0, 0.1) is 0 Å². The first-order valence-electron chi connectivity index (χ1n) is 8.51. The van der Waals surface area contributed by atoms with Gasteiger partial charge in [-0.25, -0.2) is 4.79 Å². The minimum Gasteiger partial charge on any atom is -0.338 e. The molecule has 138 valence electrons. The van der Waals surface area contributed by atoms with Crippen LogP contribution in [0.5, 0.6) is 0 Å². The summed E-state index contributed by atoms with van der Waals surface area (Å²) in [6, 6.07) is -0.0871. The van der Waals surface area contributed by atoms with Crippen molar-refractivity contribution in [2.24, 2.45) is 0 Å². The number of hydrogen-bond donors (Lipinski definition) is 2. The Morgan fingerprint density at radius 1 is 1.38 bits per heavy atom. The average Bonchev–Trinajstić information content (AvgIpc) is 3.07. The number of urea groups is 1. The molecule has 2 saturated heterocycles. The summed E-state index contributed by atoms with van der Waals surface area (Å²) >= 11 is 0. The fourth-order valence-electron chi connectivity index (χ4n) is 3.21. The van der Waals surface area contributed by atoms with Gasteiger partial charge >= 0.3 is 6.03 Å². The molecule has 0 radical (unpaired) electrons. The molecule has 0 aliphatic carbocycles. The van der Waals surface area contributed by atoms with Gasteiger partial charge in [-0.1, -0.05) is 6.92 Å². The van der Waals surface area contributed by atoms with E-state index in [4.69, 9.17) is 0 Å². The predicted octanol–water partition coefficient (Wildman–Crippen LogP) is 1.12. The Balaban J connectivity index is 0.00000288. The Labute approximate surface area is 149 Å². The highest BCUT2D eigenvalue weighted by Gasteiger charge is 2.43. The number of imide groups is 1. The van der Waals surface area contributed by atoms with E-state index in [1.165, 1.54) is 4.90 Å². The molecule has 0 saturated carbocycles. The Kier molecular flexibility index (Phi) is 7.48. The Bertz CT molecular complexity index is 478. The van der Waals surface area contributed by atoms with Gasteiger partial charge in [0.05, 0.1) is 0 Å². The summed E-state index contributed by atoms with van der Waals surface area (Å²) in [7, 11) is 0. The largest absolute Gasteiger partial charge is 0.338 e. The van der Waals surface area contributed by atoms with E-state index in [9.17, 15) is 14.4 Å². The van der Waals surface area contributed by atoms with Crippen molar-refractivity contribution in [2.45, 2.75) is 58.0 Å². The fraction of sp³-hybridized carbons (Fsp3) is 0.812. The molecule has 8 heteroatoms. The Hall–Kier alpha value is -1.34. The van der Waals surface area contributed by atoms with Gasteiger partial charge in [-0.15, -0.1) is 12.4 Å². The van der Waals surface area contributed by atoms with Gasteiger partial charge in [-0.05, 0) is 39.7 Å². The van der Waals surface area contributed by atoms with Crippen molar-refractivity contribution in [2.75, 3.05) is 26.2 Å². The highest BCUT2D eigenvalue weighted by Crippen LogP contribution is 2.18. The van der Waals surface area contributed by atoms with E-state index < -0.39 is 5.54 Å². The second-order valence-corrected chi connectivity index (χ2v) is 6.85. The third kappa shape index (κ3) is 4.60. The normalized spacial score (nSPS) is 22.3. The van der Waals surface area contributed by atoms with Crippen LogP contribution in [0.3, 0.4) is 0 Å². The molecule has 2 aliphatic rings. The summed E-state index contributed by atoms with van der Waals surface area (Å²) in [5, 5.41) is 5.94. The number of nitrogens with zero attached hydrogens (tertiary/aromatic N) is 2. The summed E-state index contributed by atoms with van der Waals surface area (Å²) in [4.78, 5) is 39.6. The highest BCUT2D eigenvalue weighted by molar-refractivity contribution is 6.06. The number of amides is 4. The molecule has 2 N–H and O–H groups in total. The van der Waals surface area contributed by atoms with E-state index in [0.717, 1.165) is 32.5 Å². The van der Waals surface area contributed by atoms with Crippen molar-refractivity contribution in [3.05, 3.63) is 0 Å². The quantitative estimate of drug-likeness (QED) is 0.666. The van der Waals surface area contributed by atoms with E-state index in [1.54, 1.807) is 13.8 Å². The van der Waals surface area contributed by atoms with Crippen molar-refractivity contribution in [1.82, 2.24) is 20.4 Å². The minimum atomic E-state index is -0.842. The van der Waals surface area contributed by atoms with Gasteiger partial charge in [0.15, 0.2) is 0 Å². The molecule has 1 unspecified atom stereocenters. The third-order valence-corrected chi connectivity index (χ3v) is 4.48. The van der Waals surface area contributed by atoms with Crippen molar-refractivity contribution >= 4 is 30.3 Å². The van der Waals surface area contributed by atoms with Crippen LogP contribution in [0.15, 0.2) is 0 Å². The smallest absolute Gasteiger partial charge is 0.325 e. The van der Waals surface area contributed by atoms with Gasteiger partial charge in [-0.3, -0.25) is 14.5 Å². The predicted molar refractivity (Wildman–Crippen MR) is 94.1 cm³/mol. The number of carbonyl (C=O) groups is 3. The lowest BCUT2D eigenvalue weighted by atomic mass is 10.1. The van der Waals surface area contributed by atoms with Gasteiger partial charge in [0.1, 0.15) is 5.54 Å². The molecule has 2 heterocycles. The van der Waals surface area contributed by atoms with Gasteiger partial charge in [0.2, 0.25) is 5.91 Å². The molecule has 7 nitrogen and oxygen atoms in total. The van der Waals surface area contributed by atoms with Crippen LogP contribution in [-0.4, -0.2) is 65.4 Å². The summed E-state index contributed by atoms with van der Waals surface area (Å²) in [6.07, 6.45) is 2.80. The van der Waals surface area contributed by atoms with Crippen LogP contribution < -0.4 is 10.6 Å². The maximum Gasteiger partial charge on any atom is 0.325 e. The van der Waals surface area contributed by atoms with E-state index in [-0.39, 0.29) is 36.3 Å². The van der Waals surface area contributed by atoms with Crippen molar-refractivity contribution in [3.63, 3.8) is 0 Å². The van der Waals surface area contributed by atoms with Crippen LogP contribution in [0.2, 0.25) is 0 Å². The number of halogens is 1. The summed E-state index contributed by atoms with van der Waals surface area (Å²) in [5.41, 5.74) is -0.842. The number of rotatable bonds is 7. The molecule has 4 amide bonds. The Morgan fingerprint density at radius 3 is 2.58 bits per heavy atom. The number of carbonyl (C=O) groups excluding carboxylic acids is 3. The molecule has 2 fully saturated rings. The monoisotopic (exact) mass is 360 g/mol. The van der Waals surface area contributed by atoms with Crippen LogP contribution in [0.1, 0.15) is 46.5 Å². The minimum absolute atomic E-state index is 0. The average molecular weight is 361 g/mol. The van der Waals surface area contributed by atoms with Crippen LogP contribution >= 0.6 is 12.4 Å². The summed E-state index contributed by atoms with van der Waals surface area (Å²) in [6.45, 7) is 8.31. The number of hydrogen-bond acceptors (Lipinski definition) is 4. The number of nitrogens with one attached hydrogen (secondary N) is 2. The summed E-state index contributed by atoms with van der Waals surface area (Å²) < 4.78 is 0. The molecule has 2 aliphatic heterocycles. The van der Waals surface area contributed by atoms with Crippen molar-refractivity contribution in [3.8, 4) is 0 Å². The molecule has 2 rings (SSSR count). The molecule has 1 atom stereocenters. The van der Waals surface area contributed by atoms with Gasteiger partial charge in [-0.2, -0.15) is 0 Å². The molecule has 0 spiro atoms. The zero-order chi connectivity index (χ0) is 17.0. The standard InChI is InChI=1S/C16H28N4O3.ClH/c1-4-9-19(12-7-8-17-11-12)13(21)6-5-10-20-14(22)16(2,3)18-15(20)23;/h12,17H,4-11H2,1-3H3,(H,18,23);1H. The lowest BCUT2D eigenvalue weighted by Gasteiger charge is -2.28. The van der Waals surface area contributed by atoms with Gasteiger partial charge in [0, 0.05) is 32.1 Å². The van der Waals surface area contributed by atoms with E-state index in [1.807, 2.05) is 4.90 Å². The molecule has 0 aromatic rings. The summed E-state index contributed by atoms with van der Waals surface area (Å²) in [5.74, 6) is -0.104. The topological polar surface area (TPSA) is 81.8 Å². The van der Waals surface area contributed by atoms with Gasteiger partial charge < -0.3 is 15.5 Å². The third-order valence-electron chi connectivity index (χ3n) is 4.48. The van der Waals surface area contributed by atoms with Gasteiger partial charge in [0.25, 0.3) is 5.91 Å². The van der Waals surface area contributed by atoms with Crippen molar-refractivity contribution in [1.29, 1.82) is 0 Å². The maximum absolute atomic E-state index is 12.5. The molecule has 0 aromatic heterocycles. The lowest BCUT2D eigenvalue weighted by molar-refractivity contribution is -0.134. The first kappa shape index (κ1) is 20.7. The second-order valence-electron chi connectivity index (χ2n) is 6.85. The first-order chi connectivity index (χ1) is 10.9. The molecular weight excluding hydrogens is 332 g/mol. The fourth-order valence-corrected chi connectivity index (χ4v) is 3.21. The van der Waals surface area contributed by atoms with Crippen LogP contribution in [-0.2, 0) is 9.59 Å². The van der Waals surface area contributed by atoms with E-state index >= 15 is 0 Å². The van der Waals surface area contributed by atoms with Crippen LogP contribution in [0.4, 0.5) is 4.79 Å². The molecule has 0 aromatic carbocycles.